The van der Waals surface area contributed by atoms with Gasteiger partial charge in [-0.3, -0.25) is 4.79 Å². The van der Waals surface area contributed by atoms with Crippen LogP contribution in [0.3, 0.4) is 0 Å². The van der Waals surface area contributed by atoms with Crippen molar-refractivity contribution >= 4 is 21.8 Å². The van der Waals surface area contributed by atoms with E-state index in [-0.39, 0.29) is 5.91 Å². The lowest BCUT2D eigenvalue weighted by atomic mass is 10.0. The van der Waals surface area contributed by atoms with Crippen molar-refractivity contribution in [2.45, 2.75) is 19.4 Å². The van der Waals surface area contributed by atoms with Crippen LogP contribution in [0.5, 0.6) is 0 Å². The van der Waals surface area contributed by atoms with Gasteiger partial charge in [-0.1, -0.05) is 24.3 Å². The van der Waals surface area contributed by atoms with Crippen molar-refractivity contribution in [3.8, 4) is 0 Å². The molecule has 0 N–H and O–H groups in total. The molecule has 1 aliphatic heterocycles. The highest BCUT2D eigenvalue weighted by atomic mass is 79.9. The second kappa shape index (κ2) is 5.98. The van der Waals surface area contributed by atoms with Gasteiger partial charge in [0.1, 0.15) is 5.82 Å². The Kier molecular flexibility index (Phi) is 4.06. The summed E-state index contributed by atoms with van der Waals surface area (Å²) in [6, 6.07) is 12.7. The summed E-state index contributed by atoms with van der Waals surface area (Å²) in [7, 11) is 0. The van der Waals surface area contributed by atoms with Gasteiger partial charge in [-0.25, -0.2) is 4.39 Å². The number of rotatable bonds is 1. The highest BCUT2D eigenvalue weighted by molar-refractivity contribution is 9.10. The molecule has 1 heterocycles. The van der Waals surface area contributed by atoms with Gasteiger partial charge in [-0.05, 0) is 58.1 Å². The van der Waals surface area contributed by atoms with Crippen LogP contribution in [0.1, 0.15) is 27.9 Å². The van der Waals surface area contributed by atoms with Crippen LogP contribution in [0.4, 0.5) is 4.39 Å². The molecule has 0 bridgehead atoms. The molecule has 0 saturated heterocycles. The van der Waals surface area contributed by atoms with E-state index in [1.165, 1.54) is 17.2 Å². The summed E-state index contributed by atoms with van der Waals surface area (Å²) in [5.74, 6) is -0.519. The largest absolute Gasteiger partial charge is 0.334 e. The monoisotopic (exact) mass is 347 g/mol. The van der Waals surface area contributed by atoms with Crippen LogP contribution < -0.4 is 0 Å². The summed E-state index contributed by atoms with van der Waals surface area (Å²) >= 11 is 3.11. The SMILES string of the molecule is O=C(c1ccc(Br)c(F)c1)N1CCCc2ccccc2C1. The minimum atomic E-state index is -0.406. The summed E-state index contributed by atoms with van der Waals surface area (Å²) in [5, 5.41) is 0. The van der Waals surface area contributed by atoms with E-state index < -0.39 is 5.82 Å². The normalized spacial score (nSPS) is 14.5. The predicted octanol–water partition coefficient (Wildman–Crippen LogP) is 4.18. The van der Waals surface area contributed by atoms with Crippen LogP contribution in [-0.2, 0) is 13.0 Å². The van der Waals surface area contributed by atoms with Crippen molar-refractivity contribution in [2.75, 3.05) is 6.54 Å². The topological polar surface area (TPSA) is 20.3 Å². The second-order valence-electron chi connectivity index (χ2n) is 5.23. The maximum atomic E-state index is 13.6. The van der Waals surface area contributed by atoms with E-state index in [1.807, 2.05) is 12.1 Å². The minimum absolute atomic E-state index is 0.113. The van der Waals surface area contributed by atoms with Crippen molar-refractivity contribution in [2.24, 2.45) is 0 Å². The Morgan fingerprint density at radius 1 is 1.14 bits per heavy atom. The Hall–Kier alpha value is -1.68. The first kappa shape index (κ1) is 14.3. The lowest BCUT2D eigenvalue weighted by Gasteiger charge is -2.21. The molecule has 0 radical (unpaired) electrons. The van der Waals surface area contributed by atoms with E-state index in [4.69, 9.17) is 0 Å². The van der Waals surface area contributed by atoms with E-state index in [0.717, 1.165) is 12.8 Å². The molecule has 4 heteroatoms. The number of halogens is 2. The fourth-order valence-corrected chi connectivity index (χ4v) is 2.93. The number of benzene rings is 2. The van der Waals surface area contributed by atoms with Gasteiger partial charge in [0.05, 0.1) is 4.47 Å². The number of fused-ring (bicyclic) bond motifs is 1. The van der Waals surface area contributed by atoms with E-state index >= 15 is 0 Å². The molecule has 0 fully saturated rings. The van der Waals surface area contributed by atoms with Crippen LogP contribution >= 0.6 is 15.9 Å². The summed E-state index contributed by atoms with van der Waals surface area (Å²) in [4.78, 5) is 14.4. The fourth-order valence-electron chi connectivity index (χ4n) is 2.69. The van der Waals surface area contributed by atoms with E-state index in [1.54, 1.807) is 17.0 Å². The molecule has 2 aromatic carbocycles. The van der Waals surface area contributed by atoms with E-state index in [0.29, 0.717) is 23.1 Å². The molecule has 0 spiro atoms. The molecule has 0 unspecified atom stereocenters. The zero-order valence-electron chi connectivity index (χ0n) is 11.5. The Bertz CT molecular complexity index is 686. The molecule has 3 rings (SSSR count). The van der Waals surface area contributed by atoms with Crippen molar-refractivity contribution < 1.29 is 9.18 Å². The molecule has 2 nitrogen and oxygen atoms in total. The first-order valence-electron chi connectivity index (χ1n) is 6.96. The summed E-state index contributed by atoms with van der Waals surface area (Å²) in [5.41, 5.74) is 2.88. The van der Waals surface area contributed by atoms with Gasteiger partial charge in [0.2, 0.25) is 0 Å². The van der Waals surface area contributed by atoms with Gasteiger partial charge in [-0.2, -0.15) is 0 Å². The average molecular weight is 348 g/mol. The van der Waals surface area contributed by atoms with Gasteiger partial charge < -0.3 is 4.90 Å². The number of nitrogens with zero attached hydrogens (tertiary/aromatic N) is 1. The van der Waals surface area contributed by atoms with E-state index in [2.05, 4.69) is 28.1 Å². The van der Waals surface area contributed by atoms with Gasteiger partial charge in [0.25, 0.3) is 5.91 Å². The minimum Gasteiger partial charge on any atom is -0.334 e. The molecular formula is C17H15BrFNO. The Morgan fingerprint density at radius 3 is 2.67 bits per heavy atom. The molecule has 0 atom stereocenters. The highest BCUT2D eigenvalue weighted by Gasteiger charge is 2.20. The summed E-state index contributed by atoms with van der Waals surface area (Å²) in [6.07, 6.45) is 1.91. The number of carbonyl (C=O) groups excluding carboxylic acids is 1. The van der Waals surface area contributed by atoms with Crippen LogP contribution in [0.15, 0.2) is 46.9 Å². The zero-order valence-corrected chi connectivity index (χ0v) is 13.1. The number of hydrogen-bond donors (Lipinski definition) is 0. The highest BCUT2D eigenvalue weighted by Crippen LogP contribution is 2.22. The number of aryl methyl sites for hydroxylation is 1. The lowest BCUT2D eigenvalue weighted by Crippen LogP contribution is -2.30. The van der Waals surface area contributed by atoms with Crippen LogP contribution in [0.25, 0.3) is 0 Å². The molecule has 0 aliphatic carbocycles. The molecule has 0 aromatic heterocycles. The van der Waals surface area contributed by atoms with E-state index in [9.17, 15) is 9.18 Å². The molecule has 21 heavy (non-hydrogen) atoms. The smallest absolute Gasteiger partial charge is 0.254 e. The maximum Gasteiger partial charge on any atom is 0.254 e. The number of hydrogen-bond acceptors (Lipinski definition) is 1. The van der Waals surface area contributed by atoms with Crippen molar-refractivity contribution in [1.29, 1.82) is 0 Å². The Labute approximate surface area is 131 Å². The van der Waals surface area contributed by atoms with Crippen LogP contribution in [0.2, 0.25) is 0 Å². The summed E-state index contributed by atoms with van der Waals surface area (Å²) in [6.45, 7) is 1.29. The fraction of sp³-hybridized carbons (Fsp3) is 0.235. The Morgan fingerprint density at radius 2 is 1.90 bits per heavy atom. The number of carbonyl (C=O) groups is 1. The zero-order chi connectivity index (χ0) is 14.8. The van der Waals surface area contributed by atoms with Crippen molar-refractivity contribution in [3.63, 3.8) is 0 Å². The van der Waals surface area contributed by atoms with Crippen LogP contribution in [-0.4, -0.2) is 17.4 Å². The second-order valence-corrected chi connectivity index (χ2v) is 6.08. The molecule has 108 valence electrons. The third-order valence-electron chi connectivity index (χ3n) is 3.81. The quantitative estimate of drug-likeness (QED) is 0.757. The van der Waals surface area contributed by atoms with Gasteiger partial charge in [-0.15, -0.1) is 0 Å². The third-order valence-corrected chi connectivity index (χ3v) is 4.45. The van der Waals surface area contributed by atoms with Gasteiger partial charge in [0, 0.05) is 18.7 Å². The first-order valence-corrected chi connectivity index (χ1v) is 7.75. The van der Waals surface area contributed by atoms with Crippen molar-refractivity contribution in [1.82, 2.24) is 4.90 Å². The first-order chi connectivity index (χ1) is 10.1. The molecule has 1 aliphatic rings. The van der Waals surface area contributed by atoms with Crippen LogP contribution in [0, 0.1) is 5.82 Å². The Balaban J connectivity index is 1.86. The predicted molar refractivity (Wildman–Crippen MR) is 83.6 cm³/mol. The van der Waals surface area contributed by atoms with Crippen molar-refractivity contribution in [3.05, 3.63) is 69.4 Å². The molecule has 2 aromatic rings. The van der Waals surface area contributed by atoms with Gasteiger partial charge in [0.15, 0.2) is 0 Å². The van der Waals surface area contributed by atoms with Gasteiger partial charge >= 0.3 is 0 Å². The standard InChI is InChI=1S/C17H15BrFNO/c18-15-8-7-13(10-16(15)19)17(21)20-9-3-6-12-4-1-2-5-14(12)11-20/h1-2,4-5,7-8,10H,3,6,9,11H2. The lowest BCUT2D eigenvalue weighted by molar-refractivity contribution is 0.0745. The summed E-state index contributed by atoms with van der Waals surface area (Å²) < 4.78 is 14.0. The molecule has 0 saturated carbocycles. The average Bonchev–Trinajstić information content (AvgIpc) is 2.71. The molecule has 1 amide bonds. The third kappa shape index (κ3) is 3.00. The number of amides is 1. The maximum absolute atomic E-state index is 13.6. The molecular weight excluding hydrogens is 333 g/mol.